The summed E-state index contributed by atoms with van der Waals surface area (Å²) in [4.78, 5) is 1.41. The molecule has 1 atom stereocenters. The van der Waals surface area contributed by atoms with Gasteiger partial charge in [-0.15, -0.1) is 11.3 Å². The highest BCUT2D eigenvalue weighted by atomic mass is 32.2. The fraction of sp³-hybridized carbons (Fsp3) is 0.733. The zero-order chi connectivity index (χ0) is 16.2. The van der Waals surface area contributed by atoms with Gasteiger partial charge in [0.1, 0.15) is 4.90 Å². The molecule has 0 fully saturated rings. The second kappa shape index (κ2) is 7.72. The fourth-order valence-corrected chi connectivity index (χ4v) is 5.72. The van der Waals surface area contributed by atoms with Gasteiger partial charge in [0.25, 0.3) is 0 Å². The molecular weight excluding hydrogens is 304 g/mol. The number of hydrogen-bond donors (Lipinski definition) is 1. The minimum absolute atomic E-state index is 0.0187. The van der Waals surface area contributed by atoms with Crippen molar-refractivity contribution in [3.05, 3.63) is 15.8 Å². The minimum Gasteiger partial charge on any atom is -0.310 e. The first kappa shape index (κ1) is 18.6. The van der Waals surface area contributed by atoms with Crippen LogP contribution in [0, 0.1) is 6.92 Å². The Morgan fingerprint density at radius 2 is 1.90 bits per heavy atom. The highest BCUT2D eigenvalue weighted by Gasteiger charge is 2.31. The summed E-state index contributed by atoms with van der Waals surface area (Å²) >= 11 is 1.52. The Bertz CT molecular complexity index is 550. The van der Waals surface area contributed by atoms with E-state index in [1.165, 1.54) is 11.3 Å². The molecular formula is C15H28N2O2S2. The van der Waals surface area contributed by atoms with Gasteiger partial charge in [0.15, 0.2) is 0 Å². The summed E-state index contributed by atoms with van der Waals surface area (Å²) in [6, 6.07) is 0.352. The van der Waals surface area contributed by atoms with Crippen molar-refractivity contribution in [2.75, 3.05) is 6.54 Å². The van der Waals surface area contributed by atoms with E-state index in [4.69, 9.17) is 0 Å². The molecule has 0 saturated heterocycles. The van der Waals surface area contributed by atoms with Crippen LogP contribution in [0.4, 0.5) is 0 Å². The van der Waals surface area contributed by atoms with Gasteiger partial charge in [-0.3, -0.25) is 0 Å². The maximum absolute atomic E-state index is 13.0. The van der Waals surface area contributed by atoms with Gasteiger partial charge < -0.3 is 5.32 Å². The van der Waals surface area contributed by atoms with Gasteiger partial charge in [0.2, 0.25) is 10.0 Å². The lowest BCUT2D eigenvalue weighted by Crippen LogP contribution is -2.38. The van der Waals surface area contributed by atoms with E-state index >= 15 is 0 Å². The SMILES string of the molecule is CCC(C)N(CC)S(=O)(=O)c1c(C)csc1CNC(C)C. The first-order chi connectivity index (χ1) is 9.75. The number of nitrogens with zero attached hydrogens (tertiary/aromatic N) is 1. The van der Waals surface area contributed by atoms with E-state index in [0.29, 0.717) is 24.0 Å². The van der Waals surface area contributed by atoms with Gasteiger partial charge >= 0.3 is 0 Å². The molecule has 21 heavy (non-hydrogen) atoms. The lowest BCUT2D eigenvalue weighted by atomic mass is 10.3. The predicted octanol–water partition coefficient (Wildman–Crippen LogP) is 3.36. The van der Waals surface area contributed by atoms with Gasteiger partial charge in [0, 0.05) is 30.1 Å². The molecule has 1 unspecified atom stereocenters. The van der Waals surface area contributed by atoms with Crippen LogP contribution in [0.25, 0.3) is 0 Å². The Morgan fingerprint density at radius 1 is 1.29 bits per heavy atom. The Labute approximate surface area is 133 Å². The number of nitrogens with one attached hydrogen (secondary N) is 1. The Balaban J connectivity index is 3.21. The van der Waals surface area contributed by atoms with Crippen LogP contribution < -0.4 is 5.32 Å². The number of thiophene rings is 1. The van der Waals surface area contributed by atoms with Crippen molar-refractivity contribution < 1.29 is 8.42 Å². The van der Waals surface area contributed by atoms with Gasteiger partial charge in [0.05, 0.1) is 0 Å². The zero-order valence-corrected chi connectivity index (χ0v) is 15.6. The first-order valence-electron chi connectivity index (χ1n) is 7.57. The average Bonchev–Trinajstić information content (AvgIpc) is 2.78. The van der Waals surface area contributed by atoms with Crippen LogP contribution in [0.5, 0.6) is 0 Å². The molecule has 0 bridgehead atoms. The molecule has 4 nitrogen and oxygen atoms in total. The van der Waals surface area contributed by atoms with Gasteiger partial charge in [-0.25, -0.2) is 8.42 Å². The molecule has 1 N–H and O–H groups in total. The number of hydrogen-bond acceptors (Lipinski definition) is 4. The third-order valence-corrected chi connectivity index (χ3v) is 7.17. The fourth-order valence-electron chi connectivity index (χ4n) is 2.29. The van der Waals surface area contributed by atoms with Gasteiger partial charge in [-0.1, -0.05) is 27.7 Å². The molecule has 1 heterocycles. The molecule has 6 heteroatoms. The van der Waals surface area contributed by atoms with Gasteiger partial charge in [-0.2, -0.15) is 4.31 Å². The van der Waals surface area contributed by atoms with E-state index in [9.17, 15) is 8.42 Å². The van der Waals surface area contributed by atoms with Gasteiger partial charge in [-0.05, 0) is 31.2 Å². The standard InChI is InChI=1S/C15H28N2O2S2/c1-7-13(6)17(8-2)21(18,19)15-12(5)10-20-14(15)9-16-11(3)4/h10-11,13,16H,7-9H2,1-6H3. The van der Waals surface area contributed by atoms with Crippen LogP contribution in [0.3, 0.4) is 0 Å². The summed E-state index contributed by atoms with van der Waals surface area (Å²) in [5.41, 5.74) is 0.849. The Kier molecular flexibility index (Phi) is 6.84. The maximum atomic E-state index is 13.0. The smallest absolute Gasteiger partial charge is 0.244 e. The van der Waals surface area contributed by atoms with E-state index in [0.717, 1.165) is 16.9 Å². The van der Waals surface area contributed by atoms with Crippen molar-refractivity contribution in [2.45, 2.75) is 71.5 Å². The van der Waals surface area contributed by atoms with Crippen molar-refractivity contribution in [3.8, 4) is 0 Å². The molecule has 122 valence electrons. The summed E-state index contributed by atoms with van der Waals surface area (Å²) in [5, 5.41) is 5.25. The highest BCUT2D eigenvalue weighted by molar-refractivity contribution is 7.89. The van der Waals surface area contributed by atoms with E-state index in [1.807, 2.05) is 33.1 Å². The third kappa shape index (κ3) is 4.28. The zero-order valence-electron chi connectivity index (χ0n) is 13.9. The second-order valence-corrected chi connectivity index (χ2v) is 8.46. The highest BCUT2D eigenvalue weighted by Crippen LogP contribution is 2.30. The average molecular weight is 333 g/mol. The summed E-state index contributed by atoms with van der Waals surface area (Å²) in [6.07, 6.45) is 0.815. The molecule has 0 aliphatic carbocycles. The van der Waals surface area contributed by atoms with Crippen LogP contribution in [-0.2, 0) is 16.6 Å². The summed E-state index contributed by atoms with van der Waals surface area (Å²) in [5.74, 6) is 0. The minimum atomic E-state index is -3.42. The molecule has 1 rings (SSSR count). The molecule has 0 aliphatic rings. The van der Waals surface area contributed by atoms with E-state index in [1.54, 1.807) is 4.31 Å². The monoisotopic (exact) mass is 332 g/mol. The normalized spacial score (nSPS) is 14.1. The maximum Gasteiger partial charge on any atom is 0.244 e. The quantitative estimate of drug-likeness (QED) is 0.794. The molecule has 0 saturated carbocycles. The second-order valence-electron chi connectivity index (χ2n) is 5.67. The molecule has 0 radical (unpaired) electrons. The molecule has 0 spiro atoms. The van der Waals surface area contributed by atoms with Crippen LogP contribution in [0.2, 0.25) is 0 Å². The topological polar surface area (TPSA) is 49.4 Å². The summed E-state index contributed by atoms with van der Waals surface area (Å²) in [7, 11) is -3.42. The Morgan fingerprint density at radius 3 is 2.38 bits per heavy atom. The van der Waals surface area contributed by atoms with E-state index < -0.39 is 10.0 Å². The van der Waals surface area contributed by atoms with Crippen LogP contribution in [0.15, 0.2) is 10.3 Å². The van der Waals surface area contributed by atoms with Crippen molar-refractivity contribution in [1.29, 1.82) is 0 Å². The van der Waals surface area contributed by atoms with Crippen LogP contribution >= 0.6 is 11.3 Å². The summed E-state index contributed by atoms with van der Waals surface area (Å²) < 4.78 is 27.6. The van der Waals surface area contributed by atoms with Crippen LogP contribution in [0.1, 0.15) is 51.5 Å². The van der Waals surface area contributed by atoms with E-state index in [-0.39, 0.29) is 6.04 Å². The predicted molar refractivity (Wildman–Crippen MR) is 90.4 cm³/mol. The lowest BCUT2D eigenvalue weighted by molar-refractivity contribution is 0.342. The lowest BCUT2D eigenvalue weighted by Gasteiger charge is -2.27. The van der Waals surface area contributed by atoms with Crippen molar-refractivity contribution in [1.82, 2.24) is 9.62 Å². The first-order valence-corrected chi connectivity index (χ1v) is 9.89. The molecule has 1 aromatic rings. The third-order valence-electron chi connectivity index (χ3n) is 3.62. The number of rotatable bonds is 8. The molecule has 0 aromatic carbocycles. The largest absolute Gasteiger partial charge is 0.310 e. The molecule has 1 aromatic heterocycles. The van der Waals surface area contributed by atoms with Crippen LogP contribution in [-0.4, -0.2) is 31.4 Å². The number of sulfonamides is 1. The van der Waals surface area contributed by atoms with Crippen molar-refractivity contribution in [2.24, 2.45) is 0 Å². The van der Waals surface area contributed by atoms with Crippen molar-refractivity contribution in [3.63, 3.8) is 0 Å². The Hall–Kier alpha value is -0.430. The van der Waals surface area contributed by atoms with Crippen molar-refractivity contribution >= 4 is 21.4 Å². The molecule has 0 aliphatic heterocycles. The summed E-state index contributed by atoms with van der Waals surface area (Å²) in [6.45, 7) is 13.0. The van der Waals surface area contributed by atoms with E-state index in [2.05, 4.69) is 19.2 Å². The number of aryl methyl sites for hydroxylation is 1. The molecule has 0 amide bonds.